The maximum Gasteiger partial charge on any atom is 0.387 e. The van der Waals surface area contributed by atoms with Gasteiger partial charge in [0.25, 0.3) is 5.91 Å². The summed E-state index contributed by atoms with van der Waals surface area (Å²) in [6, 6.07) is 9.88. The van der Waals surface area contributed by atoms with Crippen LogP contribution in [-0.4, -0.2) is 57.5 Å². The van der Waals surface area contributed by atoms with Crippen LogP contribution in [-0.2, 0) is 4.79 Å². The lowest BCUT2D eigenvalue weighted by molar-refractivity contribution is -0.145. The SMILES string of the molecule is CC(C)[C@H](NC(=O)C(C)(F)F)[C@H](Oc1ccc2c(cnn2C2=CN(C)C(O)C=C2)c1)c1ccc(OC(F)F)cc1. The van der Waals surface area contributed by atoms with Crippen molar-refractivity contribution < 1.29 is 36.9 Å². The van der Waals surface area contributed by atoms with E-state index in [1.807, 2.05) is 0 Å². The van der Waals surface area contributed by atoms with E-state index in [9.17, 15) is 27.5 Å². The summed E-state index contributed by atoms with van der Waals surface area (Å²) in [5.41, 5.74) is 1.93. The van der Waals surface area contributed by atoms with E-state index in [4.69, 9.17) is 4.74 Å². The summed E-state index contributed by atoms with van der Waals surface area (Å²) in [5.74, 6) is -5.14. The van der Waals surface area contributed by atoms with Gasteiger partial charge in [-0.15, -0.1) is 0 Å². The Kier molecular flexibility index (Phi) is 8.38. The van der Waals surface area contributed by atoms with Crippen molar-refractivity contribution in [2.45, 2.75) is 51.7 Å². The van der Waals surface area contributed by atoms with Crippen LogP contribution in [0.4, 0.5) is 17.6 Å². The second-order valence-electron chi connectivity index (χ2n) is 9.89. The molecule has 2 heterocycles. The van der Waals surface area contributed by atoms with Gasteiger partial charge in [0.15, 0.2) is 0 Å². The molecule has 0 radical (unpaired) electrons. The number of aromatic nitrogens is 2. The number of nitrogens with zero attached hydrogens (tertiary/aromatic N) is 3. The fourth-order valence-electron chi connectivity index (χ4n) is 4.27. The number of benzene rings is 2. The first kappa shape index (κ1) is 28.9. The number of carbonyl (C=O) groups excluding carboxylic acids is 1. The molecule has 40 heavy (non-hydrogen) atoms. The van der Waals surface area contributed by atoms with Gasteiger partial charge in [-0.25, -0.2) is 4.68 Å². The molecular formula is C28H30F4N4O4. The maximum absolute atomic E-state index is 13.8. The summed E-state index contributed by atoms with van der Waals surface area (Å²) in [6.45, 7) is 0.990. The standard InChI is InChI=1S/C28H30F4N4O4/c1-16(2)24(34-26(38)28(3,31)32)25(17-5-8-20(9-6-17)40-27(29)30)39-21-10-11-22-18(13-21)14-33-36(22)19-7-12-23(37)35(4)15-19/h5-16,23-25,27,37H,1-4H3,(H,34,38)/t23?,24-,25+/m0/s1. The van der Waals surface area contributed by atoms with Gasteiger partial charge in [-0.05, 0) is 54.0 Å². The molecule has 0 bridgehead atoms. The van der Waals surface area contributed by atoms with Crippen molar-refractivity contribution >= 4 is 22.5 Å². The van der Waals surface area contributed by atoms with E-state index in [1.54, 1.807) is 73.2 Å². The largest absolute Gasteiger partial charge is 0.484 e. The second kappa shape index (κ2) is 11.6. The summed E-state index contributed by atoms with van der Waals surface area (Å²) >= 11 is 0. The van der Waals surface area contributed by atoms with Gasteiger partial charge in [0.1, 0.15) is 23.8 Å². The Hall–Kier alpha value is -4.06. The predicted molar refractivity (Wildman–Crippen MR) is 141 cm³/mol. The number of rotatable bonds is 10. The van der Waals surface area contributed by atoms with E-state index >= 15 is 0 Å². The van der Waals surface area contributed by atoms with Gasteiger partial charge < -0.3 is 24.8 Å². The van der Waals surface area contributed by atoms with Gasteiger partial charge in [-0.2, -0.15) is 22.7 Å². The summed E-state index contributed by atoms with van der Waals surface area (Å²) < 4.78 is 65.3. The number of halogens is 4. The summed E-state index contributed by atoms with van der Waals surface area (Å²) in [6.07, 6.45) is 5.06. The molecule has 3 atom stereocenters. The number of fused-ring (bicyclic) bond motifs is 1. The number of hydrogen-bond acceptors (Lipinski definition) is 6. The van der Waals surface area contributed by atoms with Gasteiger partial charge in [-0.3, -0.25) is 4.79 Å². The summed E-state index contributed by atoms with van der Waals surface area (Å²) in [5, 5.41) is 17.4. The molecule has 214 valence electrons. The fraction of sp³-hybridized carbons (Fsp3) is 0.357. The highest BCUT2D eigenvalue weighted by atomic mass is 19.3. The number of ether oxygens (including phenoxy) is 2. The number of carbonyl (C=O) groups is 1. The Labute approximate surface area is 228 Å². The molecule has 1 aliphatic rings. The predicted octanol–water partition coefficient (Wildman–Crippen LogP) is 5.17. The first-order valence-electron chi connectivity index (χ1n) is 12.5. The zero-order valence-corrected chi connectivity index (χ0v) is 22.3. The van der Waals surface area contributed by atoms with Crippen LogP contribution in [0.25, 0.3) is 16.6 Å². The Morgan fingerprint density at radius 2 is 1.77 bits per heavy atom. The van der Waals surface area contributed by atoms with Gasteiger partial charge in [0, 0.05) is 25.6 Å². The first-order chi connectivity index (χ1) is 18.8. The zero-order valence-electron chi connectivity index (χ0n) is 22.3. The molecule has 0 saturated heterocycles. The number of hydrogen-bond donors (Lipinski definition) is 2. The van der Waals surface area contributed by atoms with E-state index in [2.05, 4.69) is 15.2 Å². The van der Waals surface area contributed by atoms with Crippen LogP contribution >= 0.6 is 0 Å². The number of allylic oxidation sites excluding steroid dienone is 2. The smallest absolute Gasteiger partial charge is 0.387 e. The monoisotopic (exact) mass is 562 g/mol. The molecule has 4 rings (SSSR count). The molecule has 0 fully saturated rings. The molecule has 1 amide bonds. The van der Waals surface area contributed by atoms with Crippen LogP contribution in [0.5, 0.6) is 11.5 Å². The highest BCUT2D eigenvalue weighted by molar-refractivity contribution is 5.84. The molecule has 12 heteroatoms. The number of aliphatic hydroxyl groups is 1. The minimum atomic E-state index is -3.62. The Morgan fingerprint density at radius 1 is 1.10 bits per heavy atom. The van der Waals surface area contributed by atoms with Crippen LogP contribution in [0.15, 0.2) is 67.0 Å². The lowest BCUT2D eigenvalue weighted by atomic mass is 9.92. The molecule has 1 aromatic heterocycles. The van der Waals surface area contributed by atoms with E-state index < -0.39 is 36.8 Å². The van der Waals surface area contributed by atoms with Gasteiger partial charge in [-0.1, -0.05) is 26.0 Å². The Balaban J connectivity index is 1.68. The van der Waals surface area contributed by atoms with E-state index in [0.29, 0.717) is 23.6 Å². The van der Waals surface area contributed by atoms with Crippen molar-refractivity contribution in [1.29, 1.82) is 0 Å². The normalized spacial score (nSPS) is 17.2. The molecule has 8 nitrogen and oxygen atoms in total. The molecule has 0 aliphatic carbocycles. The summed E-state index contributed by atoms with van der Waals surface area (Å²) in [7, 11) is 1.73. The minimum absolute atomic E-state index is 0.0826. The maximum atomic E-state index is 13.8. The molecule has 0 spiro atoms. The van der Waals surface area contributed by atoms with E-state index in [1.165, 1.54) is 24.3 Å². The highest BCUT2D eigenvalue weighted by Gasteiger charge is 2.38. The topological polar surface area (TPSA) is 88.9 Å². The lowest BCUT2D eigenvalue weighted by Gasteiger charge is -2.32. The van der Waals surface area contributed by atoms with Gasteiger partial charge in [0.05, 0.1) is 23.5 Å². The molecular weight excluding hydrogens is 532 g/mol. The molecule has 3 aromatic rings. The average Bonchev–Trinajstić information content (AvgIpc) is 3.30. The number of alkyl halides is 4. The highest BCUT2D eigenvalue weighted by Crippen LogP contribution is 2.33. The van der Waals surface area contributed by atoms with Crippen LogP contribution in [0.1, 0.15) is 32.4 Å². The average molecular weight is 563 g/mol. The zero-order chi connectivity index (χ0) is 29.2. The van der Waals surface area contributed by atoms with Gasteiger partial charge >= 0.3 is 12.5 Å². The van der Waals surface area contributed by atoms with E-state index in [-0.39, 0.29) is 11.7 Å². The fourth-order valence-corrected chi connectivity index (χ4v) is 4.27. The third-order valence-electron chi connectivity index (χ3n) is 6.41. The lowest BCUT2D eigenvalue weighted by Crippen LogP contribution is -2.49. The third kappa shape index (κ3) is 6.56. The van der Waals surface area contributed by atoms with Crippen molar-refractivity contribution in [3.05, 3.63) is 72.6 Å². The quantitative estimate of drug-likeness (QED) is 0.332. The Morgan fingerprint density at radius 3 is 2.38 bits per heavy atom. The summed E-state index contributed by atoms with van der Waals surface area (Å²) in [4.78, 5) is 13.9. The van der Waals surface area contributed by atoms with E-state index in [0.717, 1.165) is 11.2 Å². The van der Waals surface area contributed by atoms with Crippen molar-refractivity contribution in [3.63, 3.8) is 0 Å². The van der Waals surface area contributed by atoms with Crippen molar-refractivity contribution in [2.24, 2.45) is 5.92 Å². The van der Waals surface area contributed by atoms with Crippen LogP contribution in [0.3, 0.4) is 0 Å². The third-order valence-corrected chi connectivity index (χ3v) is 6.41. The van der Waals surface area contributed by atoms with Crippen LogP contribution in [0, 0.1) is 5.92 Å². The molecule has 1 aliphatic heterocycles. The second-order valence-corrected chi connectivity index (χ2v) is 9.89. The van der Waals surface area contributed by atoms with Crippen molar-refractivity contribution in [2.75, 3.05) is 7.05 Å². The molecule has 2 N–H and O–H groups in total. The number of amides is 1. The first-order valence-corrected chi connectivity index (χ1v) is 12.5. The Bertz CT molecular complexity index is 1400. The van der Waals surface area contributed by atoms with Crippen LogP contribution < -0.4 is 14.8 Å². The van der Waals surface area contributed by atoms with Crippen molar-refractivity contribution in [3.8, 4) is 11.5 Å². The number of aliphatic hydroxyl groups excluding tert-OH is 1. The molecule has 1 unspecified atom stereocenters. The van der Waals surface area contributed by atoms with Crippen LogP contribution in [0.2, 0.25) is 0 Å². The number of likely N-dealkylation sites (N-methyl/N-ethyl adjacent to an activating group) is 1. The molecule has 2 aromatic carbocycles. The number of nitrogens with one attached hydrogen (secondary N) is 1. The van der Waals surface area contributed by atoms with Crippen molar-refractivity contribution in [1.82, 2.24) is 20.0 Å². The van der Waals surface area contributed by atoms with Gasteiger partial charge in [0.2, 0.25) is 0 Å². The molecule has 0 saturated carbocycles. The minimum Gasteiger partial charge on any atom is -0.484 e.